The third kappa shape index (κ3) is 3.87. The number of carbonyl (C=O) groups excluding carboxylic acids is 1. The SMILES string of the molecule is CCOC(=O)C1=C(C)N=c2s/c(=C/c3ccc([N+](=O)[O-])o3)c(=O)n2[C@@H]1c1cccc2ccccc12. The molecule has 0 saturated carbocycles. The van der Waals surface area contributed by atoms with E-state index in [1.807, 2.05) is 42.5 Å². The van der Waals surface area contributed by atoms with Gasteiger partial charge in [-0.15, -0.1) is 0 Å². The van der Waals surface area contributed by atoms with Crippen molar-refractivity contribution in [3.63, 3.8) is 0 Å². The summed E-state index contributed by atoms with van der Waals surface area (Å²) in [6.07, 6.45) is 1.44. The fourth-order valence-electron chi connectivity index (χ4n) is 4.22. The number of nitro groups is 1. The van der Waals surface area contributed by atoms with Gasteiger partial charge < -0.3 is 9.15 Å². The number of allylic oxidation sites excluding steroid dienone is 1. The molecule has 1 atom stereocenters. The van der Waals surface area contributed by atoms with Gasteiger partial charge in [-0.25, -0.2) is 9.79 Å². The number of hydrogen-bond acceptors (Lipinski definition) is 8. The first kappa shape index (κ1) is 22.5. The second-order valence-corrected chi connectivity index (χ2v) is 8.81. The minimum Gasteiger partial charge on any atom is -0.463 e. The average molecular weight is 490 g/mol. The van der Waals surface area contributed by atoms with Crippen LogP contribution in [0, 0.1) is 10.1 Å². The van der Waals surface area contributed by atoms with Crippen molar-refractivity contribution in [2.75, 3.05) is 6.61 Å². The molecule has 176 valence electrons. The number of esters is 1. The van der Waals surface area contributed by atoms with Crippen LogP contribution in [-0.2, 0) is 9.53 Å². The van der Waals surface area contributed by atoms with E-state index < -0.39 is 22.8 Å². The summed E-state index contributed by atoms with van der Waals surface area (Å²) in [5.74, 6) is -0.786. The lowest BCUT2D eigenvalue weighted by Crippen LogP contribution is -2.40. The smallest absolute Gasteiger partial charge is 0.433 e. The maximum atomic E-state index is 13.6. The first-order valence-corrected chi connectivity index (χ1v) is 11.6. The normalized spacial score (nSPS) is 15.7. The van der Waals surface area contributed by atoms with E-state index in [1.54, 1.807) is 13.8 Å². The fourth-order valence-corrected chi connectivity index (χ4v) is 5.25. The molecule has 0 N–H and O–H groups in total. The number of furan rings is 1. The molecule has 0 aliphatic carbocycles. The Bertz CT molecular complexity index is 1700. The zero-order chi connectivity index (χ0) is 24.7. The lowest BCUT2D eigenvalue weighted by molar-refractivity contribution is -0.402. The lowest BCUT2D eigenvalue weighted by Gasteiger charge is -2.25. The minimum atomic E-state index is -0.760. The van der Waals surface area contributed by atoms with Crippen LogP contribution in [0.15, 0.2) is 80.1 Å². The Morgan fingerprint density at radius 2 is 2.00 bits per heavy atom. The molecule has 0 saturated heterocycles. The largest absolute Gasteiger partial charge is 0.463 e. The van der Waals surface area contributed by atoms with Crippen LogP contribution in [0.25, 0.3) is 16.8 Å². The predicted octanol–water partition coefficient (Wildman–Crippen LogP) is 3.45. The number of thiazole rings is 1. The molecule has 10 heteroatoms. The highest BCUT2D eigenvalue weighted by molar-refractivity contribution is 7.07. The Morgan fingerprint density at radius 3 is 2.74 bits per heavy atom. The predicted molar refractivity (Wildman–Crippen MR) is 130 cm³/mol. The Kier molecular flexibility index (Phi) is 5.65. The zero-order valence-corrected chi connectivity index (χ0v) is 19.6. The number of rotatable bonds is 5. The Morgan fingerprint density at radius 1 is 1.23 bits per heavy atom. The summed E-state index contributed by atoms with van der Waals surface area (Å²) in [6, 6.07) is 15.4. The molecule has 2 aromatic heterocycles. The van der Waals surface area contributed by atoms with Gasteiger partial charge in [0.25, 0.3) is 5.56 Å². The molecule has 35 heavy (non-hydrogen) atoms. The Labute approximate surface area is 202 Å². The van der Waals surface area contributed by atoms with Crippen molar-refractivity contribution >= 4 is 40.0 Å². The second-order valence-electron chi connectivity index (χ2n) is 7.80. The number of aromatic nitrogens is 1. The van der Waals surface area contributed by atoms with E-state index in [9.17, 15) is 19.7 Å². The number of fused-ring (bicyclic) bond motifs is 2. The van der Waals surface area contributed by atoms with E-state index in [1.165, 1.54) is 22.8 Å². The maximum absolute atomic E-state index is 13.6. The second kappa shape index (κ2) is 8.80. The number of nitrogens with zero attached hydrogens (tertiary/aromatic N) is 3. The molecule has 0 radical (unpaired) electrons. The summed E-state index contributed by atoms with van der Waals surface area (Å²) in [5.41, 5.74) is 1.13. The molecule has 1 aliphatic heterocycles. The average Bonchev–Trinajstić information content (AvgIpc) is 3.43. The third-order valence-corrected chi connectivity index (χ3v) is 6.68. The van der Waals surface area contributed by atoms with Gasteiger partial charge in [-0.2, -0.15) is 0 Å². The molecule has 0 spiro atoms. The summed E-state index contributed by atoms with van der Waals surface area (Å²) in [6.45, 7) is 3.62. The number of hydrogen-bond donors (Lipinski definition) is 0. The van der Waals surface area contributed by atoms with Gasteiger partial charge in [-0.3, -0.25) is 19.5 Å². The van der Waals surface area contributed by atoms with Crippen LogP contribution in [0.2, 0.25) is 0 Å². The number of carbonyl (C=O) groups is 1. The maximum Gasteiger partial charge on any atom is 0.433 e. The number of benzene rings is 2. The van der Waals surface area contributed by atoms with Crippen molar-refractivity contribution in [1.29, 1.82) is 0 Å². The molecule has 1 aliphatic rings. The van der Waals surface area contributed by atoms with Crippen LogP contribution in [-0.4, -0.2) is 22.1 Å². The summed E-state index contributed by atoms with van der Waals surface area (Å²) < 4.78 is 12.3. The van der Waals surface area contributed by atoms with Gasteiger partial charge in [-0.1, -0.05) is 53.8 Å². The fraction of sp³-hybridized carbons (Fsp3) is 0.160. The highest BCUT2D eigenvalue weighted by Crippen LogP contribution is 2.34. The molecule has 2 aromatic carbocycles. The minimum absolute atomic E-state index is 0.171. The van der Waals surface area contributed by atoms with Crippen molar-refractivity contribution in [2.24, 2.45) is 4.99 Å². The first-order valence-electron chi connectivity index (χ1n) is 10.8. The molecule has 0 fully saturated rings. The number of ether oxygens (including phenoxy) is 1. The highest BCUT2D eigenvalue weighted by atomic mass is 32.1. The van der Waals surface area contributed by atoms with Gasteiger partial charge in [-0.05, 0) is 36.2 Å². The summed E-state index contributed by atoms with van der Waals surface area (Å²) in [4.78, 5) is 42.0. The monoisotopic (exact) mass is 489 g/mol. The van der Waals surface area contributed by atoms with E-state index in [0.29, 0.717) is 10.5 Å². The molecular formula is C25H19N3O6S. The summed E-state index contributed by atoms with van der Waals surface area (Å²) >= 11 is 1.12. The molecule has 5 rings (SSSR count). The van der Waals surface area contributed by atoms with Gasteiger partial charge in [0.15, 0.2) is 4.80 Å². The highest BCUT2D eigenvalue weighted by Gasteiger charge is 2.34. The van der Waals surface area contributed by atoms with Gasteiger partial charge in [0.05, 0.1) is 34.5 Å². The van der Waals surface area contributed by atoms with Crippen LogP contribution in [0.5, 0.6) is 0 Å². The van der Waals surface area contributed by atoms with Crippen LogP contribution < -0.4 is 14.9 Å². The molecule has 4 aromatic rings. The van der Waals surface area contributed by atoms with E-state index >= 15 is 0 Å². The van der Waals surface area contributed by atoms with Crippen molar-refractivity contribution in [1.82, 2.24) is 4.57 Å². The molecular weight excluding hydrogens is 470 g/mol. The van der Waals surface area contributed by atoms with Gasteiger partial charge >= 0.3 is 11.9 Å². The Balaban J connectivity index is 1.78. The summed E-state index contributed by atoms with van der Waals surface area (Å²) in [5, 5.41) is 12.8. The van der Waals surface area contributed by atoms with E-state index in [2.05, 4.69) is 4.99 Å². The van der Waals surface area contributed by atoms with Crippen molar-refractivity contribution in [3.8, 4) is 0 Å². The lowest BCUT2D eigenvalue weighted by atomic mass is 9.91. The van der Waals surface area contributed by atoms with Crippen molar-refractivity contribution in [3.05, 3.63) is 107 Å². The molecule has 9 nitrogen and oxygen atoms in total. The quantitative estimate of drug-likeness (QED) is 0.241. The van der Waals surface area contributed by atoms with Crippen molar-refractivity contribution < 1.29 is 18.9 Å². The molecule has 0 amide bonds. The van der Waals surface area contributed by atoms with Crippen LogP contribution >= 0.6 is 11.3 Å². The van der Waals surface area contributed by atoms with Gasteiger partial charge in [0.2, 0.25) is 0 Å². The third-order valence-electron chi connectivity index (χ3n) is 5.70. The van der Waals surface area contributed by atoms with Crippen molar-refractivity contribution in [2.45, 2.75) is 19.9 Å². The van der Waals surface area contributed by atoms with Crippen LogP contribution in [0.1, 0.15) is 31.2 Å². The van der Waals surface area contributed by atoms with Crippen LogP contribution in [0.3, 0.4) is 0 Å². The molecule has 0 bridgehead atoms. The van der Waals surface area contributed by atoms with Gasteiger partial charge in [0, 0.05) is 6.08 Å². The summed E-state index contributed by atoms with van der Waals surface area (Å²) in [7, 11) is 0. The topological polar surface area (TPSA) is 117 Å². The zero-order valence-electron chi connectivity index (χ0n) is 18.8. The van der Waals surface area contributed by atoms with E-state index in [-0.39, 0.29) is 28.0 Å². The van der Waals surface area contributed by atoms with Gasteiger partial charge in [0.1, 0.15) is 10.7 Å². The van der Waals surface area contributed by atoms with E-state index in [4.69, 9.17) is 9.15 Å². The van der Waals surface area contributed by atoms with Crippen LogP contribution in [0.4, 0.5) is 5.88 Å². The first-order chi connectivity index (χ1) is 16.9. The molecule has 0 unspecified atom stereocenters. The Hall–Kier alpha value is -4.31. The van der Waals surface area contributed by atoms with E-state index in [0.717, 1.165) is 27.7 Å². The standard InChI is InChI=1S/C25H19N3O6S/c1-3-33-24(30)21-14(2)26-25-27(22(21)18-10-6-8-15-7-4-5-9-17(15)18)23(29)19(35-25)13-16-11-12-20(34-16)28(31)32/h4-13,22H,3H2,1-2H3/b19-13+/t22-/m1/s1. The molecule has 3 heterocycles.